The number of nitrogens with zero attached hydrogens (tertiary/aromatic N) is 1. The standard InChI is InChI=1S/C26H30N2O3/c1-5-9-20-10-7-12-22(16-20)31-23-13-8-11-21(17-23)28-26(29)24-14-15-25(27-18(24)3)19(4)30-6-2/h7-8,10-17,19H,5-6,9H2,1-4H3,(H,28,29). The van der Waals surface area contributed by atoms with Crippen molar-refractivity contribution in [2.24, 2.45) is 0 Å². The van der Waals surface area contributed by atoms with Gasteiger partial charge in [-0.25, -0.2) is 0 Å². The molecule has 0 saturated heterocycles. The summed E-state index contributed by atoms with van der Waals surface area (Å²) >= 11 is 0. The lowest BCUT2D eigenvalue weighted by Gasteiger charge is -2.14. The number of rotatable bonds is 9. The molecule has 2 aromatic carbocycles. The highest BCUT2D eigenvalue weighted by molar-refractivity contribution is 6.05. The monoisotopic (exact) mass is 418 g/mol. The lowest BCUT2D eigenvalue weighted by atomic mass is 10.1. The molecule has 5 heteroatoms. The van der Waals surface area contributed by atoms with Crippen LogP contribution in [0.3, 0.4) is 0 Å². The van der Waals surface area contributed by atoms with Crippen LogP contribution in [-0.4, -0.2) is 17.5 Å². The molecule has 3 rings (SSSR count). The summed E-state index contributed by atoms with van der Waals surface area (Å²) in [5, 5.41) is 2.94. The van der Waals surface area contributed by atoms with E-state index in [9.17, 15) is 4.79 Å². The summed E-state index contributed by atoms with van der Waals surface area (Å²) < 4.78 is 11.6. The largest absolute Gasteiger partial charge is 0.457 e. The Bertz CT molecular complexity index is 1030. The van der Waals surface area contributed by atoms with Gasteiger partial charge in [-0.15, -0.1) is 0 Å². The fourth-order valence-corrected chi connectivity index (χ4v) is 3.41. The number of hydrogen-bond acceptors (Lipinski definition) is 4. The molecule has 31 heavy (non-hydrogen) atoms. The topological polar surface area (TPSA) is 60.5 Å². The van der Waals surface area contributed by atoms with Gasteiger partial charge in [0, 0.05) is 18.4 Å². The lowest BCUT2D eigenvalue weighted by Crippen LogP contribution is -2.15. The summed E-state index contributed by atoms with van der Waals surface area (Å²) in [6.07, 6.45) is 2.00. The minimum Gasteiger partial charge on any atom is -0.457 e. The maximum absolute atomic E-state index is 12.8. The molecule has 1 atom stereocenters. The molecule has 0 aliphatic carbocycles. The Balaban J connectivity index is 1.70. The van der Waals surface area contributed by atoms with E-state index >= 15 is 0 Å². The Morgan fingerprint density at radius 1 is 1.03 bits per heavy atom. The third-order valence-electron chi connectivity index (χ3n) is 4.95. The van der Waals surface area contributed by atoms with Crippen LogP contribution in [0.2, 0.25) is 0 Å². The van der Waals surface area contributed by atoms with Crippen molar-refractivity contribution in [1.82, 2.24) is 4.98 Å². The molecule has 1 amide bonds. The summed E-state index contributed by atoms with van der Waals surface area (Å²) in [6, 6.07) is 19.1. The fourth-order valence-electron chi connectivity index (χ4n) is 3.41. The molecule has 0 bridgehead atoms. The summed E-state index contributed by atoms with van der Waals surface area (Å²) in [5.41, 5.74) is 3.93. The van der Waals surface area contributed by atoms with Gasteiger partial charge < -0.3 is 14.8 Å². The van der Waals surface area contributed by atoms with Crippen molar-refractivity contribution in [1.29, 1.82) is 0 Å². The van der Waals surface area contributed by atoms with E-state index in [4.69, 9.17) is 9.47 Å². The van der Waals surface area contributed by atoms with Gasteiger partial charge in [-0.05, 0) is 69.2 Å². The fraction of sp³-hybridized carbons (Fsp3) is 0.308. The first-order valence-corrected chi connectivity index (χ1v) is 10.8. The highest BCUT2D eigenvalue weighted by Crippen LogP contribution is 2.26. The van der Waals surface area contributed by atoms with Gasteiger partial charge in [0.25, 0.3) is 5.91 Å². The van der Waals surface area contributed by atoms with E-state index in [0.717, 1.165) is 24.3 Å². The zero-order valence-corrected chi connectivity index (χ0v) is 18.6. The Labute approximate surface area is 184 Å². The Morgan fingerprint density at radius 2 is 1.77 bits per heavy atom. The number of amides is 1. The molecule has 162 valence electrons. The van der Waals surface area contributed by atoms with Crippen LogP contribution in [0.5, 0.6) is 11.5 Å². The van der Waals surface area contributed by atoms with Gasteiger partial charge >= 0.3 is 0 Å². The van der Waals surface area contributed by atoms with Crippen LogP contribution in [0.25, 0.3) is 0 Å². The van der Waals surface area contributed by atoms with Gasteiger partial charge in [0.05, 0.1) is 23.1 Å². The van der Waals surface area contributed by atoms with E-state index in [1.807, 2.05) is 63.2 Å². The number of hydrogen-bond donors (Lipinski definition) is 1. The van der Waals surface area contributed by atoms with Crippen LogP contribution >= 0.6 is 0 Å². The van der Waals surface area contributed by atoms with Crippen molar-refractivity contribution in [2.75, 3.05) is 11.9 Å². The van der Waals surface area contributed by atoms with Crippen LogP contribution in [-0.2, 0) is 11.2 Å². The highest BCUT2D eigenvalue weighted by Gasteiger charge is 2.14. The van der Waals surface area contributed by atoms with E-state index in [1.54, 1.807) is 6.07 Å². The predicted octanol–water partition coefficient (Wildman–Crippen LogP) is 6.48. The minimum atomic E-state index is -0.206. The predicted molar refractivity (Wildman–Crippen MR) is 124 cm³/mol. The van der Waals surface area contributed by atoms with Crippen molar-refractivity contribution in [3.63, 3.8) is 0 Å². The zero-order chi connectivity index (χ0) is 22.2. The maximum atomic E-state index is 12.8. The molecule has 5 nitrogen and oxygen atoms in total. The van der Waals surface area contributed by atoms with Crippen molar-refractivity contribution < 1.29 is 14.3 Å². The van der Waals surface area contributed by atoms with Gasteiger partial charge in [-0.2, -0.15) is 0 Å². The molecule has 0 fully saturated rings. The third-order valence-corrected chi connectivity index (χ3v) is 4.95. The molecule has 0 radical (unpaired) electrons. The molecule has 0 spiro atoms. The normalized spacial score (nSPS) is 11.7. The summed E-state index contributed by atoms with van der Waals surface area (Å²) in [6.45, 7) is 8.51. The molecule has 1 unspecified atom stereocenters. The summed E-state index contributed by atoms with van der Waals surface area (Å²) in [4.78, 5) is 17.3. The average Bonchev–Trinajstić information content (AvgIpc) is 2.74. The Hall–Kier alpha value is -3.18. The van der Waals surface area contributed by atoms with Crippen LogP contribution < -0.4 is 10.1 Å². The molecule has 3 aromatic rings. The van der Waals surface area contributed by atoms with E-state index in [-0.39, 0.29) is 12.0 Å². The second-order valence-electron chi connectivity index (χ2n) is 7.45. The highest BCUT2D eigenvalue weighted by atomic mass is 16.5. The van der Waals surface area contributed by atoms with Crippen LogP contribution in [0, 0.1) is 6.92 Å². The molecule has 1 heterocycles. The Kier molecular flexibility index (Phi) is 7.79. The van der Waals surface area contributed by atoms with Gasteiger partial charge in [-0.3, -0.25) is 9.78 Å². The SMILES string of the molecule is CCCc1cccc(Oc2cccc(NC(=O)c3ccc(C(C)OCC)nc3C)c2)c1. The number of nitrogens with one attached hydrogen (secondary N) is 1. The number of carbonyl (C=O) groups excluding carboxylic acids is 1. The van der Waals surface area contributed by atoms with Crippen LogP contribution in [0.15, 0.2) is 60.7 Å². The second-order valence-corrected chi connectivity index (χ2v) is 7.45. The van der Waals surface area contributed by atoms with E-state index in [2.05, 4.69) is 29.4 Å². The molecule has 1 aromatic heterocycles. The quantitative estimate of drug-likeness (QED) is 0.432. The van der Waals surface area contributed by atoms with Crippen molar-refractivity contribution >= 4 is 11.6 Å². The smallest absolute Gasteiger partial charge is 0.257 e. The first-order chi connectivity index (χ1) is 15.0. The van der Waals surface area contributed by atoms with Gasteiger partial charge in [0.2, 0.25) is 0 Å². The maximum Gasteiger partial charge on any atom is 0.257 e. The molecule has 0 saturated carbocycles. The van der Waals surface area contributed by atoms with E-state index in [1.165, 1.54) is 5.56 Å². The van der Waals surface area contributed by atoms with Crippen molar-refractivity contribution in [3.05, 3.63) is 83.2 Å². The number of benzene rings is 2. The van der Waals surface area contributed by atoms with Crippen molar-refractivity contribution in [2.45, 2.75) is 46.6 Å². The molecule has 1 N–H and O–H groups in total. The lowest BCUT2D eigenvalue weighted by molar-refractivity contribution is 0.0732. The average molecular weight is 419 g/mol. The number of carbonyl (C=O) groups is 1. The Morgan fingerprint density at radius 3 is 2.48 bits per heavy atom. The van der Waals surface area contributed by atoms with Crippen molar-refractivity contribution in [3.8, 4) is 11.5 Å². The molecule has 0 aliphatic heterocycles. The number of ether oxygens (including phenoxy) is 2. The summed E-state index contributed by atoms with van der Waals surface area (Å²) in [5.74, 6) is 1.25. The zero-order valence-electron chi connectivity index (χ0n) is 18.6. The van der Waals surface area contributed by atoms with Gasteiger partial charge in [0.15, 0.2) is 0 Å². The number of aromatic nitrogens is 1. The van der Waals surface area contributed by atoms with Crippen LogP contribution in [0.4, 0.5) is 5.69 Å². The number of aryl methyl sites for hydroxylation is 2. The second kappa shape index (κ2) is 10.7. The minimum absolute atomic E-state index is 0.106. The first kappa shape index (κ1) is 22.5. The third kappa shape index (κ3) is 6.15. The summed E-state index contributed by atoms with van der Waals surface area (Å²) in [7, 11) is 0. The van der Waals surface area contributed by atoms with E-state index < -0.39 is 0 Å². The van der Waals surface area contributed by atoms with Crippen LogP contribution in [0.1, 0.15) is 60.6 Å². The van der Waals surface area contributed by atoms with E-state index in [0.29, 0.717) is 29.3 Å². The number of anilines is 1. The first-order valence-electron chi connectivity index (χ1n) is 10.8. The molecular weight excluding hydrogens is 388 g/mol. The molecule has 0 aliphatic rings. The van der Waals surface area contributed by atoms with Gasteiger partial charge in [0.1, 0.15) is 11.5 Å². The molecular formula is C26H30N2O3. The number of pyridine rings is 1. The van der Waals surface area contributed by atoms with Gasteiger partial charge in [-0.1, -0.05) is 31.5 Å².